The first-order chi connectivity index (χ1) is 8.62. The van der Waals surface area contributed by atoms with Gasteiger partial charge < -0.3 is 13.9 Å². The maximum atomic E-state index is 5.94. The fourth-order valence-electron chi connectivity index (χ4n) is 3.27. The third kappa shape index (κ3) is 4.01. The number of piperidine rings is 2. The summed E-state index contributed by atoms with van der Waals surface area (Å²) in [6.45, 7) is 5.97. The van der Waals surface area contributed by atoms with E-state index in [0.29, 0.717) is 12.5 Å². The predicted octanol–water partition coefficient (Wildman–Crippen LogP) is 3.24. The van der Waals surface area contributed by atoms with Gasteiger partial charge in [-0.2, -0.15) is 0 Å². The van der Waals surface area contributed by atoms with Gasteiger partial charge in [-0.25, -0.2) is 0 Å². The summed E-state index contributed by atoms with van der Waals surface area (Å²) in [5.41, 5.74) is 0. The molecule has 0 aromatic heterocycles. The average Bonchev–Trinajstić information content (AvgIpc) is 2.36. The van der Waals surface area contributed by atoms with Gasteiger partial charge in [0, 0.05) is 12.7 Å². The smallest absolute Gasteiger partial charge is 0.185 e. The second-order valence-corrected chi connectivity index (χ2v) is 9.54. The normalized spacial score (nSPS) is 32.8. The summed E-state index contributed by atoms with van der Waals surface area (Å²) in [7, 11) is 0. The van der Waals surface area contributed by atoms with Crippen LogP contribution in [0.15, 0.2) is 0 Å². The summed E-state index contributed by atoms with van der Waals surface area (Å²) >= 11 is 5.41. The van der Waals surface area contributed by atoms with Crippen molar-refractivity contribution >= 4 is 18.3 Å². The third-order valence-corrected chi connectivity index (χ3v) is 6.09. The first-order valence-corrected chi connectivity index (χ1v) is 10.3. The summed E-state index contributed by atoms with van der Waals surface area (Å²) in [4.78, 5) is 2.67. The van der Waals surface area contributed by atoms with Crippen molar-refractivity contribution < 1.29 is 9.05 Å². The van der Waals surface area contributed by atoms with Gasteiger partial charge in [-0.15, -0.1) is 0 Å². The maximum Gasteiger partial charge on any atom is 0.185 e. The lowest BCUT2D eigenvalue weighted by Crippen LogP contribution is -2.49. The van der Waals surface area contributed by atoms with Crippen molar-refractivity contribution in [3.8, 4) is 0 Å². The van der Waals surface area contributed by atoms with E-state index in [-0.39, 0.29) is 0 Å². The van der Waals surface area contributed by atoms with Crippen LogP contribution in [0, 0.1) is 5.92 Å². The van der Waals surface area contributed by atoms with Crippen LogP contribution < -0.4 is 0 Å². The highest BCUT2D eigenvalue weighted by Crippen LogP contribution is 2.45. The van der Waals surface area contributed by atoms with Crippen LogP contribution in [0.2, 0.25) is 0 Å². The average molecular weight is 291 g/mol. The molecule has 0 aromatic rings. The molecule has 2 aliphatic heterocycles. The molecule has 2 fully saturated rings. The number of hydrogen-bond acceptors (Lipinski definition) is 4. The molecule has 2 heterocycles. The van der Waals surface area contributed by atoms with Crippen LogP contribution in [-0.4, -0.2) is 43.9 Å². The van der Waals surface area contributed by atoms with Crippen molar-refractivity contribution in [1.29, 1.82) is 0 Å². The van der Waals surface area contributed by atoms with Crippen LogP contribution >= 0.6 is 6.49 Å². The maximum absolute atomic E-state index is 5.94. The Bertz CT molecular complexity index is 311. The fraction of sp³-hybridized carbons (Fsp3) is 1.00. The molecule has 0 aliphatic carbocycles. The van der Waals surface area contributed by atoms with E-state index in [1.807, 2.05) is 13.6 Å². The van der Waals surface area contributed by atoms with Crippen LogP contribution in [-0.2, 0) is 20.9 Å². The first-order valence-electron chi connectivity index (χ1n) is 7.23. The molecule has 2 saturated heterocycles. The molecule has 2 rings (SSSR count). The Kier molecular flexibility index (Phi) is 5.64. The van der Waals surface area contributed by atoms with E-state index in [0.717, 1.165) is 12.6 Å². The van der Waals surface area contributed by atoms with Gasteiger partial charge >= 0.3 is 0 Å². The Balaban J connectivity index is 1.86. The molecule has 0 unspecified atom stereocenters. The number of rotatable bonds is 5. The molecule has 0 N–H and O–H groups in total. The third-order valence-electron chi connectivity index (χ3n) is 4.12. The van der Waals surface area contributed by atoms with Gasteiger partial charge in [0.15, 0.2) is 6.49 Å². The van der Waals surface area contributed by atoms with Gasteiger partial charge in [0.2, 0.25) is 0 Å². The molecule has 3 nitrogen and oxygen atoms in total. The molecular weight excluding hydrogens is 265 g/mol. The van der Waals surface area contributed by atoms with Gasteiger partial charge in [-0.3, -0.25) is 0 Å². The van der Waals surface area contributed by atoms with Gasteiger partial charge in [-0.05, 0) is 63.4 Å². The van der Waals surface area contributed by atoms with Crippen LogP contribution in [0.1, 0.15) is 39.0 Å². The fourth-order valence-corrected chi connectivity index (χ4v) is 4.78. The lowest BCUT2D eigenvalue weighted by atomic mass is 9.84. The Morgan fingerprint density at radius 1 is 1.17 bits per heavy atom. The lowest BCUT2D eigenvalue weighted by Gasteiger charge is -2.44. The molecule has 0 radical (unpaired) electrons. The minimum Gasteiger partial charge on any atom is -0.330 e. The van der Waals surface area contributed by atoms with Gasteiger partial charge in [0.1, 0.15) is 0 Å². The van der Waals surface area contributed by atoms with Gasteiger partial charge in [0.25, 0.3) is 0 Å². The molecule has 3 atom stereocenters. The van der Waals surface area contributed by atoms with E-state index in [1.54, 1.807) is 0 Å². The minimum absolute atomic E-state index is 0.661. The lowest BCUT2D eigenvalue weighted by molar-refractivity contribution is 0.0359. The van der Waals surface area contributed by atoms with Crippen molar-refractivity contribution in [3.05, 3.63) is 0 Å². The minimum atomic E-state index is -1.99. The van der Waals surface area contributed by atoms with Crippen LogP contribution in [0.5, 0.6) is 0 Å². The zero-order valence-electron chi connectivity index (χ0n) is 11.6. The summed E-state index contributed by atoms with van der Waals surface area (Å²) in [6.07, 6.45) is 6.70. The summed E-state index contributed by atoms with van der Waals surface area (Å²) in [6, 6.07) is 0.740. The molecule has 18 heavy (non-hydrogen) atoms. The van der Waals surface area contributed by atoms with Crippen LogP contribution in [0.4, 0.5) is 0 Å². The molecule has 0 amide bonds. The predicted molar refractivity (Wildman–Crippen MR) is 79.7 cm³/mol. The molecule has 2 aliphatic rings. The second kappa shape index (κ2) is 6.81. The van der Waals surface area contributed by atoms with Crippen molar-refractivity contribution in [3.63, 3.8) is 0 Å². The highest BCUT2D eigenvalue weighted by molar-refractivity contribution is 8.09. The number of nitrogens with zero attached hydrogens (tertiary/aromatic N) is 1. The Hall–Kier alpha value is 0.530. The summed E-state index contributed by atoms with van der Waals surface area (Å²) in [5.74, 6) is 0.668. The van der Waals surface area contributed by atoms with E-state index < -0.39 is 6.49 Å². The molecule has 0 bridgehead atoms. The monoisotopic (exact) mass is 291 g/mol. The Labute approximate surface area is 116 Å². The van der Waals surface area contributed by atoms with E-state index in [4.69, 9.17) is 20.9 Å². The zero-order chi connectivity index (χ0) is 13.0. The largest absolute Gasteiger partial charge is 0.330 e. The topological polar surface area (TPSA) is 21.7 Å². The molecule has 106 valence electrons. The molecule has 0 saturated carbocycles. The van der Waals surface area contributed by atoms with Crippen molar-refractivity contribution in [2.24, 2.45) is 5.92 Å². The van der Waals surface area contributed by atoms with Crippen molar-refractivity contribution in [2.75, 3.05) is 33.0 Å². The number of fused-ring (bicyclic) bond motifs is 1. The van der Waals surface area contributed by atoms with Crippen LogP contribution in [0.3, 0.4) is 0 Å². The number of hydrogen-bond donors (Lipinski definition) is 0. The van der Waals surface area contributed by atoms with Crippen LogP contribution in [0.25, 0.3) is 0 Å². The van der Waals surface area contributed by atoms with Crippen molar-refractivity contribution in [1.82, 2.24) is 4.90 Å². The molecular formula is C13H26NO2PS. The highest BCUT2D eigenvalue weighted by atomic mass is 32.5. The SMILES string of the molecule is CCO[P@](C)(=S)OC[C@@H]1CCCN2CCCC[C@H]12. The van der Waals surface area contributed by atoms with Gasteiger partial charge in [-0.1, -0.05) is 6.42 Å². The summed E-state index contributed by atoms with van der Waals surface area (Å²) in [5, 5.41) is 0. The van der Waals surface area contributed by atoms with E-state index in [9.17, 15) is 0 Å². The zero-order valence-corrected chi connectivity index (χ0v) is 13.3. The van der Waals surface area contributed by atoms with E-state index in [2.05, 4.69) is 4.90 Å². The first kappa shape index (κ1) is 14.9. The van der Waals surface area contributed by atoms with E-state index in [1.165, 1.54) is 45.2 Å². The Morgan fingerprint density at radius 2 is 1.94 bits per heavy atom. The van der Waals surface area contributed by atoms with E-state index >= 15 is 0 Å². The van der Waals surface area contributed by atoms with Crippen molar-refractivity contribution in [2.45, 2.75) is 45.1 Å². The second-order valence-electron chi connectivity index (χ2n) is 5.49. The molecule has 0 aromatic carbocycles. The molecule has 0 spiro atoms. The molecule has 5 heteroatoms. The van der Waals surface area contributed by atoms with Gasteiger partial charge in [0.05, 0.1) is 13.2 Å². The highest BCUT2D eigenvalue weighted by Gasteiger charge is 2.33. The Morgan fingerprint density at radius 3 is 2.72 bits per heavy atom. The standard InChI is InChI=1S/C13H26NO2PS/c1-3-15-17(2,18)16-11-12-7-6-10-14-9-5-4-8-13(12)14/h12-13H,3-11H2,1-2H3/t12-,13+,17-/m0/s1. The summed E-state index contributed by atoms with van der Waals surface area (Å²) < 4.78 is 11.5. The quantitative estimate of drug-likeness (QED) is 0.725.